The molecular formula is C28H49NO4S. The van der Waals surface area contributed by atoms with Gasteiger partial charge in [-0.2, -0.15) is 0 Å². The molecule has 1 rings (SSSR count). The zero-order valence-electron chi connectivity index (χ0n) is 21.7. The van der Waals surface area contributed by atoms with Crippen LogP contribution >= 0.6 is 0 Å². The summed E-state index contributed by atoms with van der Waals surface area (Å²) in [5, 5.41) is 9.78. The van der Waals surface area contributed by atoms with Gasteiger partial charge in [-0.3, -0.25) is 4.31 Å². The highest BCUT2D eigenvalue weighted by molar-refractivity contribution is 7.92. The van der Waals surface area contributed by atoms with E-state index in [-0.39, 0.29) is 5.75 Å². The Morgan fingerprint density at radius 2 is 1.18 bits per heavy atom. The average molecular weight is 496 g/mol. The van der Waals surface area contributed by atoms with Crippen molar-refractivity contribution in [1.29, 1.82) is 0 Å². The quantitative estimate of drug-likeness (QED) is 0.166. The summed E-state index contributed by atoms with van der Waals surface area (Å²) in [4.78, 5) is 12.0. The molecule has 34 heavy (non-hydrogen) atoms. The maximum atomic E-state index is 13.2. The first-order valence-corrected chi connectivity index (χ1v) is 15.3. The van der Waals surface area contributed by atoms with E-state index in [2.05, 4.69) is 6.92 Å². The van der Waals surface area contributed by atoms with Crippen LogP contribution in [0.1, 0.15) is 123 Å². The number of carbonyl (C=O) groups is 1. The Morgan fingerprint density at radius 1 is 0.735 bits per heavy atom. The fourth-order valence-electron chi connectivity index (χ4n) is 4.43. The molecule has 0 saturated carbocycles. The molecule has 0 spiro atoms. The monoisotopic (exact) mass is 495 g/mol. The van der Waals surface area contributed by atoms with Crippen molar-refractivity contribution in [3.8, 4) is 0 Å². The van der Waals surface area contributed by atoms with E-state index in [0.29, 0.717) is 24.9 Å². The Balaban J connectivity index is 2.39. The summed E-state index contributed by atoms with van der Waals surface area (Å²) in [6.45, 7) is 4.23. The Morgan fingerprint density at radius 3 is 1.62 bits per heavy atom. The van der Waals surface area contributed by atoms with Crippen molar-refractivity contribution in [3.05, 3.63) is 30.3 Å². The number of unbranched alkanes of at least 4 members (excludes halogenated alkanes) is 14. The molecule has 6 heteroatoms. The van der Waals surface area contributed by atoms with Gasteiger partial charge < -0.3 is 5.11 Å². The molecule has 0 fully saturated rings. The molecule has 1 N–H and O–H groups in total. The number of carboxylic acid groups (broad SMARTS) is 1. The Kier molecular flexibility index (Phi) is 16.8. The lowest BCUT2D eigenvalue weighted by Crippen LogP contribution is -2.46. The van der Waals surface area contributed by atoms with E-state index in [9.17, 15) is 18.3 Å². The van der Waals surface area contributed by atoms with Crippen LogP contribution in [0.5, 0.6) is 0 Å². The number of anilines is 1. The van der Waals surface area contributed by atoms with Crippen LogP contribution < -0.4 is 4.31 Å². The number of benzene rings is 1. The second-order valence-corrected chi connectivity index (χ2v) is 11.5. The second-order valence-electron chi connectivity index (χ2n) is 9.54. The van der Waals surface area contributed by atoms with Crippen LogP contribution in [0.3, 0.4) is 0 Å². The summed E-state index contributed by atoms with van der Waals surface area (Å²) in [7, 11) is -3.71. The lowest BCUT2D eigenvalue weighted by atomic mass is 10.0. The summed E-state index contributed by atoms with van der Waals surface area (Å²) in [5.74, 6) is -1.09. The Bertz CT molecular complexity index is 736. The van der Waals surface area contributed by atoms with Crippen LogP contribution in [-0.4, -0.2) is 31.3 Å². The molecule has 0 saturated heterocycles. The van der Waals surface area contributed by atoms with Gasteiger partial charge in [-0.05, 0) is 25.0 Å². The second kappa shape index (κ2) is 18.7. The van der Waals surface area contributed by atoms with Crippen LogP contribution in [0.2, 0.25) is 0 Å². The SMILES string of the molecule is CCCCCCCCCCCCCCCCS(=O)(=O)N(c1ccccc1)C(CCCC)C(=O)O. The van der Waals surface area contributed by atoms with Crippen molar-refractivity contribution in [2.24, 2.45) is 0 Å². The van der Waals surface area contributed by atoms with Gasteiger partial charge in [0.2, 0.25) is 10.0 Å². The predicted molar refractivity (Wildman–Crippen MR) is 144 cm³/mol. The van der Waals surface area contributed by atoms with Gasteiger partial charge in [0.05, 0.1) is 11.4 Å². The molecule has 5 nitrogen and oxygen atoms in total. The molecule has 0 heterocycles. The van der Waals surface area contributed by atoms with Gasteiger partial charge in [0.15, 0.2) is 0 Å². The van der Waals surface area contributed by atoms with Gasteiger partial charge in [-0.25, -0.2) is 13.2 Å². The highest BCUT2D eigenvalue weighted by Gasteiger charge is 2.34. The average Bonchev–Trinajstić information content (AvgIpc) is 2.82. The molecule has 0 radical (unpaired) electrons. The number of hydrogen-bond acceptors (Lipinski definition) is 3. The van der Waals surface area contributed by atoms with Crippen molar-refractivity contribution < 1.29 is 18.3 Å². The normalized spacial score (nSPS) is 12.5. The first kappa shape index (κ1) is 30.5. The van der Waals surface area contributed by atoms with E-state index in [1.807, 2.05) is 13.0 Å². The molecule has 0 aromatic heterocycles. The molecule has 0 aliphatic carbocycles. The first-order chi connectivity index (χ1) is 16.4. The topological polar surface area (TPSA) is 74.7 Å². The van der Waals surface area contributed by atoms with Crippen molar-refractivity contribution in [2.45, 2.75) is 129 Å². The van der Waals surface area contributed by atoms with E-state index < -0.39 is 22.0 Å². The van der Waals surface area contributed by atoms with Crippen LogP contribution in [0.25, 0.3) is 0 Å². The lowest BCUT2D eigenvalue weighted by Gasteiger charge is -2.30. The van der Waals surface area contributed by atoms with E-state index in [1.165, 1.54) is 64.2 Å². The number of rotatable bonds is 22. The fourth-order valence-corrected chi connectivity index (χ4v) is 6.22. The molecule has 1 aromatic rings. The first-order valence-electron chi connectivity index (χ1n) is 13.7. The molecule has 0 aliphatic rings. The number of carboxylic acids is 1. The van der Waals surface area contributed by atoms with Gasteiger partial charge in [0, 0.05) is 0 Å². The van der Waals surface area contributed by atoms with Crippen LogP contribution in [-0.2, 0) is 14.8 Å². The smallest absolute Gasteiger partial charge is 0.327 e. The molecule has 0 aliphatic heterocycles. The van der Waals surface area contributed by atoms with Crippen molar-refractivity contribution in [3.63, 3.8) is 0 Å². The lowest BCUT2D eigenvalue weighted by molar-refractivity contribution is -0.138. The number of nitrogens with zero attached hydrogens (tertiary/aromatic N) is 1. The third-order valence-electron chi connectivity index (χ3n) is 6.47. The van der Waals surface area contributed by atoms with Gasteiger partial charge in [0.25, 0.3) is 0 Å². The van der Waals surface area contributed by atoms with E-state index in [0.717, 1.165) is 30.0 Å². The summed E-state index contributed by atoms with van der Waals surface area (Å²) >= 11 is 0. The molecule has 1 atom stereocenters. The third-order valence-corrected chi connectivity index (χ3v) is 8.33. The molecule has 0 bridgehead atoms. The van der Waals surface area contributed by atoms with Crippen LogP contribution in [0, 0.1) is 0 Å². The highest BCUT2D eigenvalue weighted by atomic mass is 32.2. The van der Waals surface area contributed by atoms with Gasteiger partial charge in [-0.15, -0.1) is 0 Å². The van der Waals surface area contributed by atoms with Gasteiger partial charge in [-0.1, -0.05) is 128 Å². The minimum atomic E-state index is -3.71. The molecule has 0 amide bonds. The number of para-hydroxylation sites is 1. The zero-order valence-corrected chi connectivity index (χ0v) is 22.5. The maximum absolute atomic E-state index is 13.2. The Labute approximate surface area is 209 Å². The summed E-state index contributed by atoms with van der Waals surface area (Å²) < 4.78 is 27.6. The predicted octanol–water partition coefficient (Wildman–Crippen LogP) is 7.95. The molecule has 1 aromatic carbocycles. The van der Waals surface area contributed by atoms with Crippen molar-refractivity contribution >= 4 is 21.7 Å². The number of hydrogen-bond donors (Lipinski definition) is 1. The Hall–Kier alpha value is -1.56. The van der Waals surface area contributed by atoms with E-state index in [4.69, 9.17) is 0 Å². The van der Waals surface area contributed by atoms with Crippen LogP contribution in [0.4, 0.5) is 5.69 Å². The molecule has 1 unspecified atom stereocenters. The fraction of sp³-hybridized carbons (Fsp3) is 0.750. The van der Waals surface area contributed by atoms with Crippen LogP contribution in [0.15, 0.2) is 30.3 Å². The minimum Gasteiger partial charge on any atom is -0.480 e. The molecule has 196 valence electrons. The van der Waals surface area contributed by atoms with Gasteiger partial charge in [0.1, 0.15) is 6.04 Å². The van der Waals surface area contributed by atoms with E-state index in [1.54, 1.807) is 24.3 Å². The highest BCUT2D eigenvalue weighted by Crippen LogP contribution is 2.25. The number of aliphatic carboxylic acids is 1. The summed E-state index contributed by atoms with van der Waals surface area (Å²) in [5.41, 5.74) is 0.441. The summed E-state index contributed by atoms with van der Waals surface area (Å²) in [6, 6.07) is 7.63. The van der Waals surface area contributed by atoms with E-state index >= 15 is 0 Å². The number of sulfonamides is 1. The molecular weight excluding hydrogens is 446 g/mol. The van der Waals surface area contributed by atoms with Crippen molar-refractivity contribution in [2.75, 3.05) is 10.1 Å². The minimum absolute atomic E-state index is 0.00414. The van der Waals surface area contributed by atoms with Crippen molar-refractivity contribution in [1.82, 2.24) is 0 Å². The third kappa shape index (κ3) is 12.8. The maximum Gasteiger partial charge on any atom is 0.327 e. The summed E-state index contributed by atoms with van der Waals surface area (Å²) in [6.07, 6.45) is 18.7. The largest absolute Gasteiger partial charge is 0.480 e. The zero-order chi connectivity index (χ0) is 25.1. The standard InChI is InChI=1S/C28H49NO4S/c1-3-5-7-8-9-10-11-12-13-14-15-16-17-21-25-34(32,33)29(26-22-19-18-20-23-26)27(28(30)31)24-6-4-2/h18-20,22-23,27H,3-17,21,24-25H2,1-2H3,(H,30,31). The van der Waals surface area contributed by atoms with Gasteiger partial charge >= 0.3 is 5.97 Å².